The molecule has 1 N–H and O–H groups in total. The molecular weight excluding hydrogens is 334 g/mol. The maximum absolute atomic E-state index is 12.4. The van der Waals surface area contributed by atoms with Crippen LogP contribution in [0, 0.1) is 11.8 Å². The molecule has 3 rings (SSSR count). The zero-order valence-corrected chi connectivity index (χ0v) is 13.3. The van der Waals surface area contributed by atoms with Crippen LogP contribution < -0.4 is 5.32 Å². The van der Waals surface area contributed by atoms with Crippen molar-refractivity contribution in [2.24, 2.45) is 11.8 Å². The molecule has 0 bridgehead atoms. The molecule has 21 heavy (non-hydrogen) atoms. The monoisotopic (exact) mass is 351 g/mol. The molecule has 0 aromatic heterocycles. The van der Waals surface area contributed by atoms with Crippen LogP contribution >= 0.6 is 15.9 Å². The summed E-state index contributed by atoms with van der Waals surface area (Å²) < 4.78 is 6.54. The van der Waals surface area contributed by atoms with Crippen molar-refractivity contribution in [3.8, 4) is 0 Å². The molecule has 2 aliphatic rings. The minimum Gasteiger partial charge on any atom is -0.381 e. The number of halogens is 1. The summed E-state index contributed by atoms with van der Waals surface area (Å²) in [5.74, 6) is -0.286. The third kappa shape index (κ3) is 3.19. The van der Waals surface area contributed by atoms with Gasteiger partial charge in [0.05, 0.1) is 5.92 Å². The summed E-state index contributed by atoms with van der Waals surface area (Å²) in [6.45, 7) is 1.44. The van der Waals surface area contributed by atoms with Crippen LogP contribution in [0.4, 0.5) is 0 Å². The topological polar surface area (TPSA) is 55.4 Å². The number of amides is 2. The average molecular weight is 352 g/mol. The second-order valence-corrected chi connectivity index (χ2v) is 6.70. The number of piperidine rings is 1. The molecule has 5 heteroatoms. The molecule has 112 valence electrons. The fourth-order valence-corrected chi connectivity index (χ4v) is 3.67. The lowest BCUT2D eigenvalue weighted by Gasteiger charge is -2.37. The smallest absolute Gasteiger partial charge is 0.234 e. The van der Waals surface area contributed by atoms with Gasteiger partial charge in [0.25, 0.3) is 0 Å². The maximum atomic E-state index is 12.4. The Morgan fingerprint density at radius 1 is 1.19 bits per heavy atom. The molecule has 0 spiro atoms. The summed E-state index contributed by atoms with van der Waals surface area (Å²) in [7, 11) is 0. The van der Waals surface area contributed by atoms with E-state index in [9.17, 15) is 9.59 Å². The van der Waals surface area contributed by atoms with Gasteiger partial charge < -0.3 is 4.74 Å². The first kappa shape index (κ1) is 14.7. The fourth-order valence-electron chi connectivity index (χ4n) is 3.40. The van der Waals surface area contributed by atoms with Gasteiger partial charge in [-0.2, -0.15) is 0 Å². The first-order valence-corrected chi connectivity index (χ1v) is 8.11. The van der Waals surface area contributed by atoms with Crippen molar-refractivity contribution in [2.45, 2.75) is 25.2 Å². The largest absolute Gasteiger partial charge is 0.381 e. The zero-order valence-electron chi connectivity index (χ0n) is 11.7. The lowest BCUT2D eigenvalue weighted by molar-refractivity contribution is -0.138. The molecule has 2 amide bonds. The highest BCUT2D eigenvalue weighted by atomic mass is 79.9. The van der Waals surface area contributed by atoms with Crippen molar-refractivity contribution in [3.63, 3.8) is 0 Å². The lowest BCUT2D eigenvalue weighted by Crippen LogP contribution is -2.47. The molecule has 1 aromatic rings. The van der Waals surface area contributed by atoms with Crippen LogP contribution in [0.1, 0.15) is 30.7 Å². The number of nitrogens with one attached hydrogen (secondary N) is 1. The van der Waals surface area contributed by atoms with Crippen molar-refractivity contribution in [2.75, 3.05) is 13.2 Å². The van der Waals surface area contributed by atoms with Gasteiger partial charge in [0, 0.05) is 24.1 Å². The van der Waals surface area contributed by atoms with E-state index < -0.39 is 0 Å². The molecular formula is C16H18BrNO3. The van der Waals surface area contributed by atoms with Crippen LogP contribution in [0.5, 0.6) is 0 Å². The normalized spacial score (nSPS) is 30.0. The Balaban J connectivity index is 1.90. The Hall–Kier alpha value is -1.20. The fraction of sp³-hybridized carbons (Fsp3) is 0.500. The van der Waals surface area contributed by atoms with Gasteiger partial charge in [-0.3, -0.25) is 14.9 Å². The second kappa shape index (κ2) is 6.28. The van der Waals surface area contributed by atoms with Crippen molar-refractivity contribution in [3.05, 3.63) is 34.3 Å². The minimum absolute atomic E-state index is 0.0349. The van der Waals surface area contributed by atoms with E-state index in [2.05, 4.69) is 21.2 Å². The number of imide groups is 1. The molecule has 2 heterocycles. The molecule has 2 fully saturated rings. The van der Waals surface area contributed by atoms with E-state index in [-0.39, 0.29) is 29.6 Å². The predicted molar refractivity (Wildman–Crippen MR) is 81.7 cm³/mol. The van der Waals surface area contributed by atoms with Gasteiger partial charge in [-0.15, -0.1) is 0 Å². The quantitative estimate of drug-likeness (QED) is 0.833. The van der Waals surface area contributed by atoms with E-state index in [0.29, 0.717) is 13.0 Å². The molecule has 3 atom stereocenters. The third-order valence-corrected chi connectivity index (χ3v) is 4.95. The van der Waals surface area contributed by atoms with Crippen molar-refractivity contribution in [1.82, 2.24) is 5.32 Å². The van der Waals surface area contributed by atoms with Gasteiger partial charge in [-0.25, -0.2) is 0 Å². The van der Waals surface area contributed by atoms with Gasteiger partial charge >= 0.3 is 0 Å². The summed E-state index contributed by atoms with van der Waals surface area (Å²) >= 11 is 3.41. The summed E-state index contributed by atoms with van der Waals surface area (Å²) in [5.41, 5.74) is 0.971. The van der Waals surface area contributed by atoms with Gasteiger partial charge in [-0.1, -0.05) is 28.1 Å². The highest BCUT2D eigenvalue weighted by molar-refractivity contribution is 9.10. The van der Waals surface area contributed by atoms with Crippen molar-refractivity contribution >= 4 is 27.7 Å². The highest BCUT2D eigenvalue weighted by Gasteiger charge is 2.41. The number of hydrogen-bond acceptors (Lipinski definition) is 3. The number of rotatable bonds is 2. The van der Waals surface area contributed by atoms with Gasteiger partial charge in [0.1, 0.15) is 0 Å². The Kier molecular flexibility index (Phi) is 4.40. The molecule has 3 unspecified atom stereocenters. The van der Waals surface area contributed by atoms with E-state index >= 15 is 0 Å². The first-order chi connectivity index (χ1) is 10.1. The SMILES string of the molecule is O=C1CC(C2CCCOC2)C(c2ccc(Br)cc2)C(=O)N1. The van der Waals surface area contributed by atoms with E-state index in [1.54, 1.807) is 0 Å². The van der Waals surface area contributed by atoms with Gasteiger partial charge in [0.2, 0.25) is 11.8 Å². The summed E-state index contributed by atoms with van der Waals surface area (Å²) in [6, 6.07) is 7.79. The van der Waals surface area contributed by atoms with Crippen LogP contribution in [-0.4, -0.2) is 25.0 Å². The molecule has 4 nitrogen and oxygen atoms in total. The third-order valence-electron chi connectivity index (χ3n) is 4.42. The van der Waals surface area contributed by atoms with Crippen molar-refractivity contribution < 1.29 is 14.3 Å². The molecule has 1 aromatic carbocycles. The molecule has 0 aliphatic carbocycles. The number of benzene rings is 1. The Morgan fingerprint density at radius 2 is 1.95 bits per heavy atom. The Morgan fingerprint density at radius 3 is 2.62 bits per heavy atom. The highest BCUT2D eigenvalue weighted by Crippen LogP contribution is 2.39. The van der Waals surface area contributed by atoms with Crippen LogP contribution in [0.15, 0.2) is 28.7 Å². The standard InChI is InChI=1S/C16H18BrNO3/c17-12-5-3-10(4-6-12)15-13(8-14(19)18-16(15)20)11-2-1-7-21-9-11/h3-6,11,13,15H,1-2,7-9H2,(H,18,19,20). The van der Waals surface area contributed by atoms with Gasteiger partial charge in [0.15, 0.2) is 0 Å². The van der Waals surface area contributed by atoms with E-state index in [1.807, 2.05) is 24.3 Å². The number of hydrogen-bond donors (Lipinski definition) is 1. The molecule has 2 saturated heterocycles. The Labute approximate surface area is 132 Å². The molecule has 0 radical (unpaired) electrons. The first-order valence-electron chi connectivity index (χ1n) is 7.32. The van der Waals surface area contributed by atoms with Crippen LogP contribution in [0.2, 0.25) is 0 Å². The average Bonchev–Trinajstić information content (AvgIpc) is 2.49. The van der Waals surface area contributed by atoms with E-state index in [4.69, 9.17) is 4.74 Å². The molecule has 2 aliphatic heterocycles. The van der Waals surface area contributed by atoms with Crippen LogP contribution in [0.3, 0.4) is 0 Å². The van der Waals surface area contributed by atoms with E-state index in [1.165, 1.54) is 0 Å². The van der Waals surface area contributed by atoms with E-state index in [0.717, 1.165) is 29.5 Å². The van der Waals surface area contributed by atoms with Crippen LogP contribution in [0.25, 0.3) is 0 Å². The summed E-state index contributed by atoms with van der Waals surface area (Å²) in [4.78, 5) is 24.1. The number of ether oxygens (including phenoxy) is 1. The minimum atomic E-state index is -0.262. The lowest BCUT2D eigenvalue weighted by atomic mass is 9.72. The zero-order chi connectivity index (χ0) is 14.8. The summed E-state index contributed by atoms with van der Waals surface area (Å²) in [5, 5.41) is 2.48. The molecule has 0 saturated carbocycles. The predicted octanol–water partition coefficient (Wildman–Crippen LogP) is 2.62. The van der Waals surface area contributed by atoms with Crippen LogP contribution in [-0.2, 0) is 14.3 Å². The number of carbonyl (C=O) groups is 2. The Bertz CT molecular complexity index is 537. The maximum Gasteiger partial charge on any atom is 0.234 e. The van der Waals surface area contributed by atoms with Gasteiger partial charge in [-0.05, 0) is 42.4 Å². The second-order valence-electron chi connectivity index (χ2n) is 5.79. The van der Waals surface area contributed by atoms with Crippen molar-refractivity contribution in [1.29, 1.82) is 0 Å². The number of carbonyl (C=O) groups excluding carboxylic acids is 2. The summed E-state index contributed by atoms with van der Waals surface area (Å²) in [6.07, 6.45) is 2.43.